The van der Waals surface area contributed by atoms with E-state index >= 15 is 0 Å². The molecule has 17 heavy (non-hydrogen) atoms. The first-order chi connectivity index (χ1) is 8.35. The van der Waals surface area contributed by atoms with Crippen LogP contribution in [0.25, 0.3) is 0 Å². The maximum absolute atomic E-state index is 5.64. The van der Waals surface area contributed by atoms with Gasteiger partial charge in [0.2, 0.25) is 0 Å². The fraction of sp³-hybridized carbons (Fsp3) is 0.467. The molecule has 1 aliphatic heterocycles. The molecule has 1 heterocycles. The van der Waals surface area contributed by atoms with E-state index in [1.807, 2.05) is 18.2 Å². The van der Waals surface area contributed by atoms with E-state index in [9.17, 15) is 0 Å². The van der Waals surface area contributed by atoms with E-state index in [1.54, 1.807) is 0 Å². The minimum absolute atomic E-state index is 0.163. The van der Waals surface area contributed by atoms with Crippen LogP contribution in [-0.4, -0.2) is 12.6 Å². The zero-order chi connectivity index (χ0) is 12.1. The van der Waals surface area contributed by atoms with Gasteiger partial charge in [0, 0.05) is 18.0 Å². The van der Waals surface area contributed by atoms with E-state index in [-0.39, 0.29) is 6.04 Å². The molecule has 1 N–H and O–H groups in total. The molecule has 0 aromatic heterocycles. The average molecular weight is 229 g/mol. The first kappa shape index (κ1) is 12.0. The summed E-state index contributed by atoms with van der Waals surface area (Å²) < 4.78 is 5.64. The molecule has 0 radical (unpaired) electrons. The molecular weight excluding hydrogens is 210 g/mol. The molecule has 0 amide bonds. The molecule has 0 spiro atoms. The third-order valence-electron chi connectivity index (χ3n) is 3.14. The molecule has 90 valence electrons. The van der Waals surface area contributed by atoms with Crippen molar-refractivity contribution in [2.75, 3.05) is 6.61 Å². The van der Waals surface area contributed by atoms with E-state index in [4.69, 9.17) is 11.2 Å². The van der Waals surface area contributed by atoms with Crippen molar-refractivity contribution in [1.29, 1.82) is 0 Å². The highest BCUT2D eigenvalue weighted by Crippen LogP contribution is 2.31. The molecule has 2 heteroatoms. The van der Waals surface area contributed by atoms with Crippen LogP contribution in [0.15, 0.2) is 24.3 Å². The van der Waals surface area contributed by atoms with Crippen molar-refractivity contribution in [3.63, 3.8) is 0 Å². The molecule has 2 unspecified atom stereocenters. The predicted molar refractivity (Wildman–Crippen MR) is 70.0 cm³/mol. The van der Waals surface area contributed by atoms with Crippen molar-refractivity contribution in [2.45, 2.75) is 38.3 Å². The van der Waals surface area contributed by atoms with Crippen LogP contribution >= 0.6 is 0 Å². The molecule has 2 rings (SSSR count). The number of ether oxygens (including phenoxy) is 1. The second-order valence-corrected chi connectivity index (χ2v) is 4.40. The molecule has 2 nitrogen and oxygen atoms in total. The predicted octanol–water partition coefficient (Wildman–Crippen LogP) is 2.90. The maximum Gasteiger partial charge on any atom is 0.124 e. The largest absolute Gasteiger partial charge is 0.493 e. The molecule has 1 aromatic rings. The SMILES string of the molecule is C#CC(CCC)NC1CCOc2ccccc21. The lowest BCUT2D eigenvalue weighted by atomic mass is 9.99. The lowest BCUT2D eigenvalue weighted by Gasteiger charge is -2.28. The zero-order valence-corrected chi connectivity index (χ0v) is 10.3. The van der Waals surface area contributed by atoms with Crippen molar-refractivity contribution in [2.24, 2.45) is 0 Å². The lowest BCUT2D eigenvalue weighted by Crippen LogP contribution is -2.34. The highest BCUT2D eigenvalue weighted by atomic mass is 16.5. The Labute approximate surface area is 103 Å². The number of fused-ring (bicyclic) bond motifs is 1. The summed E-state index contributed by atoms with van der Waals surface area (Å²) >= 11 is 0. The topological polar surface area (TPSA) is 21.3 Å². The lowest BCUT2D eigenvalue weighted by molar-refractivity contribution is 0.248. The first-order valence-electron chi connectivity index (χ1n) is 6.29. The van der Waals surface area contributed by atoms with Gasteiger partial charge in [-0.3, -0.25) is 5.32 Å². The minimum atomic E-state index is 0.163. The highest BCUT2D eigenvalue weighted by molar-refractivity contribution is 5.37. The fourth-order valence-electron chi connectivity index (χ4n) is 2.26. The van der Waals surface area contributed by atoms with Gasteiger partial charge in [0.25, 0.3) is 0 Å². The Morgan fingerprint density at radius 1 is 1.53 bits per heavy atom. The van der Waals surface area contributed by atoms with Crippen molar-refractivity contribution >= 4 is 0 Å². The molecule has 2 atom stereocenters. The third-order valence-corrected chi connectivity index (χ3v) is 3.14. The summed E-state index contributed by atoms with van der Waals surface area (Å²) in [5.41, 5.74) is 1.23. The second kappa shape index (κ2) is 5.75. The Morgan fingerprint density at radius 3 is 3.12 bits per heavy atom. The fourth-order valence-corrected chi connectivity index (χ4v) is 2.26. The van der Waals surface area contributed by atoms with Gasteiger partial charge in [-0.2, -0.15) is 0 Å². The van der Waals surface area contributed by atoms with E-state index in [1.165, 1.54) is 5.56 Å². The Hall–Kier alpha value is -1.46. The number of hydrogen-bond acceptors (Lipinski definition) is 2. The number of hydrogen-bond donors (Lipinski definition) is 1. The van der Waals surface area contributed by atoms with Crippen molar-refractivity contribution in [3.05, 3.63) is 29.8 Å². The van der Waals surface area contributed by atoms with Crippen LogP contribution in [0.5, 0.6) is 5.75 Å². The van der Waals surface area contributed by atoms with Crippen LogP contribution < -0.4 is 10.1 Å². The number of benzene rings is 1. The van der Waals surface area contributed by atoms with Crippen LogP contribution in [0.3, 0.4) is 0 Å². The van der Waals surface area contributed by atoms with Crippen LogP contribution in [0.4, 0.5) is 0 Å². The van der Waals surface area contributed by atoms with Crippen LogP contribution in [0.1, 0.15) is 37.8 Å². The first-order valence-corrected chi connectivity index (χ1v) is 6.29. The summed E-state index contributed by atoms with van der Waals surface area (Å²) in [6.07, 6.45) is 8.67. The van der Waals surface area contributed by atoms with Gasteiger partial charge in [-0.25, -0.2) is 0 Å². The monoisotopic (exact) mass is 229 g/mol. The third kappa shape index (κ3) is 2.81. The van der Waals surface area contributed by atoms with Crippen LogP contribution in [0, 0.1) is 12.3 Å². The summed E-state index contributed by atoms with van der Waals surface area (Å²) in [5, 5.41) is 3.55. The van der Waals surface area contributed by atoms with Gasteiger partial charge in [-0.05, 0) is 12.5 Å². The number of para-hydroxylation sites is 1. The average Bonchev–Trinajstić information content (AvgIpc) is 2.38. The Bertz CT molecular complexity index is 408. The normalized spacial score (nSPS) is 19.9. The Morgan fingerprint density at radius 2 is 2.35 bits per heavy atom. The molecule has 0 fully saturated rings. The van der Waals surface area contributed by atoms with E-state index < -0.39 is 0 Å². The Kier molecular flexibility index (Phi) is 4.06. The molecule has 1 aromatic carbocycles. The summed E-state index contributed by atoms with van der Waals surface area (Å²) in [7, 11) is 0. The zero-order valence-electron chi connectivity index (χ0n) is 10.3. The molecule has 0 bridgehead atoms. The van der Waals surface area contributed by atoms with Gasteiger partial charge >= 0.3 is 0 Å². The van der Waals surface area contributed by atoms with Gasteiger partial charge in [0.1, 0.15) is 5.75 Å². The summed E-state index contributed by atoms with van der Waals surface area (Å²) in [4.78, 5) is 0. The minimum Gasteiger partial charge on any atom is -0.493 e. The molecule has 1 aliphatic rings. The van der Waals surface area contributed by atoms with Gasteiger partial charge in [0.05, 0.1) is 12.6 Å². The number of rotatable bonds is 4. The number of nitrogens with one attached hydrogen (secondary N) is 1. The van der Waals surface area contributed by atoms with Gasteiger partial charge in [-0.15, -0.1) is 6.42 Å². The second-order valence-electron chi connectivity index (χ2n) is 4.40. The molecule has 0 saturated carbocycles. The van der Waals surface area contributed by atoms with Gasteiger partial charge in [0.15, 0.2) is 0 Å². The standard InChI is InChI=1S/C15H19NO/c1-3-7-12(4-2)16-14-10-11-17-15-9-6-5-8-13(14)15/h2,5-6,8-9,12,14,16H,3,7,10-11H2,1H3. The smallest absolute Gasteiger partial charge is 0.124 e. The van der Waals surface area contributed by atoms with E-state index in [2.05, 4.69) is 24.2 Å². The number of terminal acetylenes is 1. The van der Waals surface area contributed by atoms with E-state index in [0.717, 1.165) is 31.6 Å². The van der Waals surface area contributed by atoms with Crippen molar-refractivity contribution in [3.8, 4) is 18.1 Å². The maximum atomic E-state index is 5.64. The van der Waals surface area contributed by atoms with Crippen molar-refractivity contribution in [1.82, 2.24) is 5.32 Å². The van der Waals surface area contributed by atoms with E-state index in [0.29, 0.717) is 6.04 Å². The quantitative estimate of drug-likeness (QED) is 0.802. The summed E-state index contributed by atoms with van der Waals surface area (Å²) in [5.74, 6) is 3.82. The Balaban J connectivity index is 2.11. The molecule has 0 aliphatic carbocycles. The summed E-state index contributed by atoms with van der Waals surface area (Å²) in [6, 6.07) is 8.68. The van der Waals surface area contributed by atoms with Crippen LogP contribution in [0.2, 0.25) is 0 Å². The summed E-state index contributed by atoms with van der Waals surface area (Å²) in [6.45, 7) is 2.92. The van der Waals surface area contributed by atoms with Crippen LogP contribution in [-0.2, 0) is 0 Å². The molecular formula is C15H19NO. The van der Waals surface area contributed by atoms with Crippen molar-refractivity contribution < 1.29 is 4.74 Å². The molecule has 0 saturated heterocycles. The van der Waals surface area contributed by atoms with Gasteiger partial charge in [-0.1, -0.05) is 37.5 Å². The van der Waals surface area contributed by atoms with Gasteiger partial charge < -0.3 is 4.74 Å². The highest BCUT2D eigenvalue weighted by Gasteiger charge is 2.22.